The van der Waals surface area contributed by atoms with Crippen LogP contribution in [0.25, 0.3) is 10.8 Å². The van der Waals surface area contributed by atoms with E-state index in [1.165, 1.54) is 27.5 Å². The average molecular weight is 553 g/mol. The van der Waals surface area contributed by atoms with Gasteiger partial charge in [0.15, 0.2) is 0 Å². The Labute approximate surface area is 207 Å². The second-order valence-corrected chi connectivity index (χ2v) is 30.2. The number of fused-ring (bicyclic) bond motifs is 1. The van der Waals surface area contributed by atoms with Crippen LogP contribution in [-0.4, -0.2) is 10.9 Å². The third-order valence-electron chi connectivity index (χ3n) is 5.71. The number of benzene rings is 1. The fraction of sp³-hybridized carbons (Fsp3) is 0.480. The van der Waals surface area contributed by atoms with Gasteiger partial charge in [0.05, 0.1) is 0 Å². The maximum atomic E-state index is 2.99. The Morgan fingerprint density at radius 1 is 0.933 bits per heavy atom. The van der Waals surface area contributed by atoms with Crippen molar-refractivity contribution in [2.75, 3.05) is 0 Å². The Kier molecular flexibility index (Phi) is 12.9. The number of allylic oxidation sites excluding steroid dienone is 4. The first kappa shape index (κ1) is 28.2. The van der Waals surface area contributed by atoms with Crippen molar-refractivity contribution in [3.05, 3.63) is 65.3 Å². The van der Waals surface area contributed by atoms with Gasteiger partial charge in [-0.3, -0.25) is 6.08 Å². The van der Waals surface area contributed by atoms with Crippen LogP contribution in [0.3, 0.4) is 0 Å². The quantitative estimate of drug-likeness (QED) is 0.392. The summed E-state index contributed by atoms with van der Waals surface area (Å²) in [5, 5.41) is 2.85. The summed E-state index contributed by atoms with van der Waals surface area (Å²) in [6.07, 6.45) is 10.0. The molecule has 3 aliphatic rings. The number of rotatable bonds is 2. The normalized spacial score (nSPS) is 15.2. The maximum Gasteiger partial charge on any atom is -0.0306 e. The average Bonchev–Trinajstić information content (AvgIpc) is 3.46. The van der Waals surface area contributed by atoms with Crippen molar-refractivity contribution < 1.29 is 45.3 Å². The van der Waals surface area contributed by atoms with Gasteiger partial charge in [-0.15, -0.1) is 34.9 Å². The molecule has 2 aromatic carbocycles. The van der Waals surface area contributed by atoms with E-state index in [1.54, 1.807) is 24.2 Å². The van der Waals surface area contributed by atoms with Crippen molar-refractivity contribution in [3.63, 3.8) is 0 Å². The summed E-state index contributed by atoms with van der Waals surface area (Å²) in [5.74, 6) is 1.21. The second kappa shape index (κ2) is 13.7. The number of hydrogen-bond acceptors (Lipinski definition) is 0. The van der Waals surface area contributed by atoms with E-state index < -0.39 is 0 Å². The molecule has 0 fully saturated rings. The Hall–Kier alpha value is 0.207. The molecule has 0 saturated heterocycles. The summed E-state index contributed by atoms with van der Waals surface area (Å²) in [6, 6.07) is 16.5. The third-order valence-corrected chi connectivity index (χ3v) is 36.0. The molecule has 0 aromatic heterocycles. The van der Waals surface area contributed by atoms with Gasteiger partial charge in [-0.2, -0.15) is 12.1 Å². The summed E-state index contributed by atoms with van der Waals surface area (Å²) >= 11 is 0.465. The first-order valence-corrected chi connectivity index (χ1v) is 22.0. The predicted octanol–water partition coefficient (Wildman–Crippen LogP) is 1.51. The molecule has 0 nitrogen and oxygen atoms in total. The third kappa shape index (κ3) is 7.96. The van der Waals surface area contributed by atoms with Gasteiger partial charge in [0.25, 0.3) is 0 Å². The Bertz CT molecular complexity index is 923. The molecule has 0 spiro atoms. The minimum Gasteiger partial charge on any atom is -1.00 e. The zero-order valence-electron chi connectivity index (χ0n) is 19.0. The zero-order valence-corrected chi connectivity index (χ0v) is 25.0. The van der Waals surface area contributed by atoms with Gasteiger partial charge in [-0.1, -0.05) is 51.8 Å². The minimum absolute atomic E-state index is 0. The van der Waals surface area contributed by atoms with Crippen molar-refractivity contribution in [1.82, 2.24) is 0 Å². The van der Waals surface area contributed by atoms with Gasteiger partial charge >= 0.3 is 55.5 Å². The molecule has 0 unspecified atom stereocenters. The van der Waals surface area contributed by atoms with Gasteiger partial charge in [0.1, 0.15) is 0 Å². The molecule has 0 atom stereocenters. The number of hydrogen-bond donors (Lipinski definition) is 0. The predicted molar refractivity (Wildman–Crippen MR) is 125 cm³/mol. The van der Waals surface area contributed by atoms with E-state index >= 15 is 0 Å². The van der Waals surface area contributed by atoms with Crippen LogP contribution in [0.15, 0.2) is 42.5 Å². The summed E-state index contributed by atoms with van der Waals surface area (Å²) in [7, 11) is 0. The fourth-order valence-electron chi connectivity index (χ4n) is 4.03. The van der Waals surface area contributed by atoms with Crippen molar-refractivity contribution in [2.45, 2.75) is 77.1 Å². The van der Waals surface area contributed by atoms with Crippen LogP contribution >= 0.6 is 0 Å². The van der Waals surface area contributed by atoms with Crippen LogP contribution in [0.2, 0.25) is 24.2 Å². The Morgan fingerprint density at radius 2 is 1.57 bits per heavy atom. The van der Waals surface area contributed by atoms with E-state index in [2.05, 4.69) is 71.0 Å². The fourth-order valence-corrected chi connectivity index (χ4v) is 46.5. The summed E-state index contributed by atoms with van der Waals surface area (Å²) in [6.45, 7) is 11.3. The van der Waals surface area contributed by atoms with Gasteiger partial charge in [0, 0.05) is 0 Å². The summed E-state index contributed by atoms with van der Waals surface area (Å²) < 4.78 is 0. The van der Waals surface area contributed by atoms with Crippen molar-refractivity contribution in [2.24, 2.45) is 0 Å². The smallest absolute Gasteiger partial charge is 0.0306 e. The van der Waals surface area contributed by atoms with Crippen LogP contribution in [0.5, 0.6) is 0 Å². The molecule has 2 aliphatic heterocycles. The molecule has 0 saturated carbocycles. The van der Waals surface area contributed by atoms with E-state index in [9.17, 15) is 0 Å². The summed E-state index contributed by atoms with van der Waals surface area (Å²) in [4.78, 5) is 0. The monoisotopic (exact) mass is 550 g/mol. The van der Waals surface area contributed by atoms with Gasteiger partial charge in [-0.05, 0) is 11.8 Å². The molecule has 2 heterocycles. The maximum absolute atomic E-state index is 2.99. The van der Waals surface area contributed by atoms with E-state index in [0.29, 0.717) is 43.2 Å². The molecular weight excluding hydrogens is 519 g/mol. The number of aryl methyl sites for hydroxylation is 1. The topological polar surface area (TPSA) is 0 Å². The zero-order chi connectivity index (χ0) is 20.1. The van der Waals surface area contributed by atoms with Crippen LogP contribution in [0, 0.1) is 13.0 Å². The summed E-state index contributed by atoms with van der Waals surface area (Å²) in [5.41, 5.74) is 5.40. The van der Waals surface area contributed by atoms with Gasteiger partial charge in [0.2, 0.25) is 0 Å². The van der Waals surface area contributed by atoms with E-state index in [0.717, 1.165) is 6.42 Å². The molecule has 5 rings (SSSR count). The number of halogens is 2. The molecule has 5 heteroatoms. The molecule has 2 bridgehead atoms. The van der Waals surface area contributed by atoms with Crippen LogP contribution in [-0.2, 0) is 20.5 Å². The molecule has 30 heavy (non-hydrogen) atoms. The molecule has 2 aromatic rings. The Balaban J connectivity index is 0.000000264. The first-order valence-electron chi connectivity index (χ1n) is 10.8. The largest absolute Gasteiger partial charge is 1.00 e. The standard InChI is InChI=1S/C16H21.C5H5.C4H8Si2.2ClH.Zr/c1-10(2)13-8-14-6-12(5)7-16(14)15(9-13)11(3)4;1-2-4-5-3-1;1-2-6-4-3-5-1;;;/h6-11H,1-5H3;1-3H,4H2;1-4H2;2*1H;/q2*-1;;;;/p-2. The first-order chi connectivity index (χ1) is 13.4. The minimum atomic E-state index is 0. The van der Waals surface area contributed by atoms with E-state index in [4.69, 9.17) is 0 Å². The van der Waals surface area contributed by atoms with Crippen LogP contribution in [0.4, 0.5) is 0 Å². The van der Waals surface area contributed by atoms with Crippen molar-refractivity contribution >= 4 is 21.6 Å². The molecule has 1 aliphatic carbocycles. The Morgan fingerprint density at radius 3 is 1.93 bits per heavy atom. The second-order valence-electron chi connectivity index (χ2n) is 8.79. The molecular formula is C25H34Cl2Si2Zr-4. The molecule has 164 valence electrons. The molecule has 0 radical (unpaired) electrons. The van der Waals surface area contributed by atoms with Crippen LogP contribution in [0.1, 0.15) is 62.6 Å². The van der Waals surface area contributed by atoms with Crippen molar-refractivity contribution in [1.29, 1.82) is 0 Å². The van der Waals surface area contributed by atoms with E-state index in [-0.39, 0.29) is 24.8 Å². The SMILES string of the molecule is C1C[Si]2=[Zr]=[Si]1CC2.Cc1cc2c(C(C)C)cc(C(C)C)cc2[cH-]1.[C-]1=CC=CC1.[Cl-].[Cl-]. The van der Waals surface area contributed by atoms with E-state index in [1.807, 2.05) is 12.2 Å². The van der Waals surface area contributed by atoms with Crippen molar-refractivity contribution in [3.8, 4) is 0 Å². The van der Waals surface area contributed by atoms with Gasteiger partial charge in [-0.25, -0.2) is 12.2 Å². The van der Waals surface area contributed by atoms with Gasteiger partial charge < -0.3 is 24.8 Å². The van der Waals surface area contributed by atoms with Crippen LogP contribution < -0.4 is 24.8 Å². The molecule has 0 amide bonds. The molecule has 0 N–H and O–H groups in total.